The molecule has 0 radical (unpaired) electrons. The van der Waals surface area contributed by atoms with E-state index < -0.39 is 0 Å². The van der Waals surface area contributed by atoms with Gasteiger partial charge in [-0.15, -0.1) is 12.4 Å². The maximum absolute atomic E-state index is 12.2. The third kappa shape index (κ3) is 3.36. The van der Waals surface area contributed by atoms with E-state index >= 15 is 0 Å². The predicted octanol–water partition coefficient (Wildman–Crippen LogP) is 1.66. The number of amides is 1. The van der Waals surface area contributed by atoms with Crippen molar-refractivity contribution in [3.63, 3.8) is 0 Å². The summed E-state index contributed by atoms with van der Waals surface area (Å²) in [6, 6.07) is 0.570. The summed E-state index contributed by atoms with van der Waals surface area (Å²) in [6.07, 6.45) is 3.47. The van der Waals surface area contributed by atoms with Crippen LogP contribution in [0.15, 0.2) is 0 Å². The molecule has 2 rings (SSSR count). The average Bonchev–Trinajstić information content (AvgIpc) is 2.88. The molecule has 0 aromatic carbocycles. The molecule has 0 spiro atoms. The molecular weight excluding hydrogens is 224 g/mol. The Morgan fingerprint density at radius 3 is 2.50 bits per heavy atom. The summed E-state index contributed by atoms with van der Waals surface area (Å²) >= 11 is 0. The van der Waals surface area contributed by atoms with Crippen LogP contribution in [0.5, 0.6) is 0 Å². The van der Waals surface area contributed by atoms with Gasteiger partial charge in [0.2, 0.25) is 5.91 Å². The Labute approximate surface area is 104 Å². The van der Waals surface area contributed by atoms with E-state index in [1.807, 2.05) is 0 Å². The van der Waals surface area contributed by atoms with Crippen LogP contribution in [0.1, 0.15) is 33.1 Å². The second-order valence-electron chi connectivity index (χ2n) is 5.31. The summed E-state index contributed by atoms with van der Waals surface area (Å²) in [5.74, 6) is 1.24. The standard InChI is InChI=1S/C12H22N2O.ClH/c1-9(2)8-14(11-3-4-11)12(15)10-5-6-13-7-10;/h9-11,13H,3-8H2,1-2H3;1H. The van der Waals surface area contributed by atoms with Crippen LogP contribution in [0.3, 0.4) is 0 Å². The average molecular weight is 247 g/mol. The largest absolute Gasteiger partial charge is 0.339 e. The van der Waals surface area contributed by atoms with Crippen molar-refractivity contribution in [1.29, 1.82) is 0 Å². The van der Waals surface area contributed by atoms with Gasteiger partial charge >= 0.3 is 0 Å². The Morgan fingerprint density at radius 1 is 1.38 bits per heavy atom. The highest BCUT2D eigenvalue weighted by Crippen LogP contribution is 2.29. The highest BCUT2D eigenvalue weighted by molar-refractivity contribution is 5.85. The van der Waals surface area contributed by atoms with Crippen LogP contribution in [-0.2, 0) is 4.79 Å². The van der Waals surface area contributed by atoms with Gasteiger partial charge in [0.1, 0.15) is 0 Å². The van der Waals surface area contributed by atoms with E-state index in [4.69, 9.17) is 0 Å². The summed E-state index contributed by atoms with van der Waals surface area (Å²) in [5, 5.41) is 3.27. The van der Waals surface area contributed by atoms with Crippen LogP contribution in [0.25, 0.3) is 0 Å². The number of hydrogen-bond donors (Lipinski definition) is 1. The second kappa shape index (κ2) is 5.87. The lowest BCUT2D eigenvalue weighted by Gasteiger charge is -2.27. The minimum atomic E-state index is 0. The van der Waals surface area contributed by atoms with Crippen molar-refractivity contribution in [3.8, 4) is 0 Å². The number of nitrogens with one attached hydrogen (secondary N) is 1. The van der Waals surface area contributed by atoms with Gasteiger partial charge in [-0.3, -0.25) is 4.79 Å². The molecule has 1 saturated carbocycles. The third-order valence-corrected chi connectivity index (χ3v) is 3.24. The van der Waals surface area contributed by atoms with E-state index in [1.54, 1.807) is 0 Å². The minimum Gasteiger partial charge on any atom is -0.339 e. The van der Waals surface area contributed by atoms with E-state index in [0.29, 0.717) is 17.9 Å². The summed E-state index contributed by atoms with van der Waals surface area (Å²) in [5.41, 5.74) is 0. The molecule has 1 amide bonds. The van der Waals surface area contributed by atoms with Crippen LogP contribution in [0.2, 0.25) is 0 Å². The first-order chi connectivity index (χ1) is 7.18. The molecule has 2 fully saturated rings. The summed E-state index contributed by atoms with van der Waals surface area (Å²) in [7, 11) is 0. The molecule has 1 N–H and O–H groups in total. The number of hydrogen-bond acceptors (Lipinski definition) is 2. The zero-order valence-corrected chi connectivity index (χ0v) is 11.1. The SMILES string of the molecule is CC(C)CN(C(=O)C1CCNC1)C1CC1.Cl. The van der Waals surface area contributed by atoms with E-state index in [9.17, 15) is 4.79 Å². The van der Waals surface area contributed by atoms with Crippen molar-refractivity contribution in [1.82, 2.24) is 10.2 Å². The maximum Gasteiger partial charge on any atom is 0.227 e. The van der Waals surface area contributed by atoms with Crippen LogP contribution >= 0.6 is 12.4 Å². The highest BCUT2D eigenvalue weighted by Gasteiger charge is 2.36. The molecule has 1 heterocycles. The maximum atomic E-state index is 12.2. The van der Waals surface area contributed by atoms with Crippen LogP contribution in [-0.4, -0.2) is 36.5 Å². The van der Waals surface area contributed by atoms with Gasteiger partial charge in [0.25, 0.3) is 0 Å². The van der Waals surface area contributed by atoms with Gasteiger partial charge in [0.15, 0.2) is 0 Å². The van der Waals surface area contributed by atoms with Crippen molar-refractivity contribution in [2.75, 3.05) is 19.6 Å². The number of nitrogens with zero attached hydrogens (tertiary/aromatic N) is 1. The molecule has 0 aromatic heterocycles. The molecule has 16 heavy (non-hydrogen) atoms. The van der Waals surface area contributed by atoms with Gasteiger partial charge in [-0.05, 0) is 31.7 Å². The van der Waals surface area contributed by atoms with Crippen LogP contribution in [0.4, 0.5) is 0 Å². The molecular formula is C12H23ClN2O. The lowest BCUT2D eigenvalue weighted by Crippen LogP contribution is -2.40. The lowest BCUT2D eigenvalue weighted by molar-refractivity contribution is -0.136. The number of halogens is 1. The third-order valence-electron chi connectivity index (χ3n) is 3.24. The van der Waals surface area contributed by atoms with Gasteiger partial charge in [-0.1, -0.05) is 13.8 Å². The van der Waals surface area contributed by atoms with Gasteiger partial charge in [0.05, 0.1) is 5.92 Å². The van der Waals surface area contributed by atoms with Gasteiger partial charge in [-0.2, -0.15) is 0 Å². The molecule has 94 valence electrons. The van der Waals surface area contributed by atoms with Gasteiger partial charge in [-0.25, -0.2) is 0 Å². The molecule has 3 nitrogen and oxygen atoms in total. The van der Waals surface area contributed by atoms with Crippen molar-refractivity contribution < 1.29 is 4.79 Å². The molecule has 1 saturated heterocycles. The Kier molecular flexibility index (Phi) is 5.06. The van der Waals surface area contributed by atoms with E-state index in [1.165, 1.54) is 12.8 Å². The van der Waals surface area contributed by atoms with Gasteiger partial charge in [0, 0.05) is 19.1 Å². The zero-order chi connectivity index (χ0) is 10.8. The normalized spacial score (nSPS) is 24.3. The fraction of sp³-hybridized carbons (Fsp3) is 0.917. The predicted molar refractivity (Wildman–Crippen MR) is 67.8 cm³/mol. The van der Waals surface area contributed by atoms with Crippen molar-refractivity contribution in [2.45, 2.75) is 39.2 Å². The summed E-state index contributed by atoms with van der Waals surface area (Å²) in [6.45, 7) is 7.22. The Hall–Kier alpha value is -0.280. The fourth-order valence-corrected chi connectivity index (χ4v) is 2.30. The second-order valence-corrected chi connectivity index (χ2v) is 5.31. The molecule has 1 aliphatic heterocycles. The monoisotopic (exact) mass is 246 g/mol. The number of carbonyl (C=O) groups is 1. The Bertz CT molecular complexity index is 235. The van der Waals surface area contributed by atoms with Crippen molar-refractivity contribution in [3.05, 3.63) is 0 Å². The first-order valence-electron chi connectivity index (χ1n) is 6.19. The summed E-state index contributed by atoms with van der Waals surface area (Å²) < 4.78 is 0. The Morgan fingerprint density at radius 2 is 2.06 bits per heavy atom. The van der Waals surface area contributed by atoms with Crippen molar-refractivity contribution in [2.24, 2.45) is 11.8 Å². The zero-order valence-electron chi connectivity index (χ0n) is 10.2. The summed E-state index contributed by atoms with van der Waals surface area (Å²) in [4.78, 5) is 14.4. The van der Waals surface area contributed by atoms with E-state index in [2.05, 4.69) is 24.1 Å². The molecule has 4 heteroatoms. The molecule has 0 aromatic rings. The number of carbonyl (C=O) groups excluding carboxylic acids is 1. The van der Waals surface area contributed by atoms with Crippen LogP contribution in [0, 0.1) is 11.8 Å². The molecule has 1 unspecified atom stereocenters. The fourth-order valence-electron chi connectivity index (χ4n) is 2.30. The topological polar surface area (TPSA) is 32.3 Å². The van der Waals surface area contributed by atoms with Gasteiger partial charge < -0.3 is 10.2 Å². The quantitative estimate of drug-likeness (QED) is 0.819. The smallest absolute Gasteiger partial charge is 0.227 e. The molecule has 0 bridgehead atoms. The highest BCUT2D eigenvalue weighted by atomic mass is 35.5. The first kappa shape index (κ1) is 13.8. The number of rotatable bonds is 4. The van der Waals surface area contributed by atoms with E-state index in [-0.39, 0.29) is 18.3 Å². The van der Waals surface area contributed by atoms with E-state index in [0.717, 1.165) is 26.1 Å². The molecule has 2 aliphatic rings. The first-order valence-corrected chi connectivity index (χ1v) is 6.19. The molecule has 1 atom stereocenters. The Balaban J connectivity index is 0.00000128. The molecule has 1 aliphatic carbocycles. The van der Waals surface area contributed by atoms with Crippen molar-refractivity contribution >= 4 is 18.3 Å². The lowest BCUT2D eigenvalue weighted by atomic mass is 10.1. The minimum absolute atomic E-state index is 0. The van der Waals surface area contributed by atoms with Crippen LogP contribution < -0.4 is 5.32 Å².